The molecule has 0 amide bonds. The number of aliphatic carboxylic acids is 1. The Bertz CT molecular complexity index is 894. The summed E-state index contributed by atoms with van der Waals surface area (Å²) in [6.07, 6.45) is 7.32. The summed E-state index contributed by atoms with van der Waals surface area (Å²) in [5.74, 6) is 1.24. The molecule has 5 rings (SSSR count). The summed E-state index contributed by atoms with van der Waals surface area (Å²) in [7, 11) is 0. The van der Waals surface area contributed by atoms with Gasteiger partial charge in [0, 0.05) is 0 Å². The maximum atomic E-state index is 12.8. The second-order valence-electron chi connectivity index (χ2n) is 14.7. The highest BCUT2D eigenvalue weighted by atomic mass is 16.4. The standard InChI is InChI=1S/C30H48O4/c1-17(2)18-10-13-30(25(33)34)15-14-28(6)19(23(18)30)8-9-22-27(5)16-20(31)24(32)26(3,4)21(27)11-12-29(22,28)7/h18-24,31-32H,1,8-16H2,2-7H3,(H,33,34)/t18-,19+,20+,21-,22-,23-,24-,27-,28+,29+,30-/m0/s1. The molecule has 0 bridgehead atoms. The van der Waals surface area contributed by atoms with Gasteiger partial charge < -0.3 is 15.3 Å². The van der Waals surface area contributed by atoms with Gasteiger partial charge in [-0.25, -0.2) is 0 Å². The number of carboxylic acids is 1. The van der Waals surface area contributed by atoms with Crippen LogP contribution in [0.25, 0.3) is 0 Å². The molecule has 5 saturated carbocycles. The predicted molar refractivity (Wildman–Crippen MR) is 134 cm³/mol. The van der Waals surface area contributed by atoms with E-state index in [2.05, 4.69) is 48.1 Å². The minimum absolute atomic E-state index is 0.00606. The van der Waals surface area contributed by atoms with Gasteiger partial charge >= 0.3 is 5.97 Å². The summed E-state index contributed by atoms with van der Waals surface area (Å²) in [4.78, 5) is 12.8. The van der Waals surface area contributed by atoms with Gasteiger partial charge in [-0.3, -0.25) is 4.79 Å². The molecule has 0 aromatic rings. The predicted octanol–water partition coefficient (Wildman–Crippen LogP) is 6.06. The molecular formula is C30H48O4. The highest BCUT2D eigenvalue weighted by Gasteiger charge is 2.72. The first kappa shape index (κ1) is 24.8. The molecule has 5 fully saturated rings. The molecule has 4 heteroatoms. The van der Waals surface area contributed by atoms with Crippen LogP contribution in [0.3, 0.4) is 0 Å². The Morgan fingerprint density at radius 1 is 0.853 bits per heavy atom. The lowest BCUT2D eigenvalue weighted by atomic mass is 9.32. The Morgan fingerprint density at radius 2 is 1.53 bits per heavy atom. The molecule has 0 saturated heterocycles. The van der Waals surface area contributed by atoms with E-state index in [-0.39, 0.29) is 27.6 Å². The largest absolute Gasteiger partial charge is 0.481 e. The lowest BCUT2D eigenvalue weighted by Crippen LogP contribution is -2.68. The van der Waals surface area contributed by atoms with Crippen molar-refractivity contribution in [2.45, 2.75) is 112 Å². The molecule has 0 heterocycles. The van der Waals surface area contributed by atoms with Gasteiger partial charge in [-0.05, 0) is 116 Å². The van der Waals surface area contributed by atoms with Gasteiger partial charge in [-0.2, -0.15) is 0 Å². The van der Waals surface area contributed by atoms with E-state index in [9.17, 15) is 20.1 Å². The third-order valence-corrected chi connectivity index (χ3v) is 13.4. The number of carboxylic acid groups (broad SMARTS) is 1. The first-order valence-corrected chi connectivity index (χ1v) is 13.9. The van der Waals surface area contributed by atoms with E-state index in [4.69, 9.17) is 0 Å². The lowest BCUT2D eigenvalue weighted by Gasteiger charge is -2.73. The molecule has 0 spiro atoms. The van der Waals surface area contributed by atoms with Crippen LogP contribution in [0.5, 0.6) is 0 Å². The number of aliphatic hydroxyl groups is 2. The first-order chi connectivity index (χ1) is 15.7. The molecule has 0 aromatic carbocycles. The van der Waals surface area contributed by atoms with Gasteiger partial charge in [0.2, 0.25) is 0 Å². The summed E-state index contributed by atoms with van der Waals surface area (Å²) in [6, 6.07) is 0. The quantitative estimate of drug-likeness (QED) is 0.427. The van der Waals surface area contributed by atoms with Crippen molar-refractivity contribution in [3.63, 3.8) is 0 Å². The van der Waals surface area contributed by atoms with Crippen LogP contribution in [-0.2, 0) is 4.79 Å². The Balaban J connectivity index is 1.57. The molecule has 0 aliphatic heterocycles. The van der Waals surface area contributed by atoms with Gasteiger partial charge in [0.1, 0.15) is 0 Å². The average molecular weight is 473 g/mol. The molecule has 4 nitrogen and oxygen atoms in total. The van der Waals surface area contributed by atoms with E-state index < -0.39 is 23.6 Å². The number of fused-ring (bicyclic) bond motifs is 7. The molecular weight excluding hydrogens is 424 g/mol. The Kier molecular flexibility index (Phi) is 5.36. The number of aliphatic hydroxyl groups excluding tert-OH is 2. The lowest BCUT2D eigenvalue weighted by molar-refractivity contribution is -0.263. The first-order valence-electron chi connectivity index (χ1n) is 13.9. The van der Waals surface area contributed by atoms with Crippen molar-refractivity contribution < 1.29 is 20.1 Å². The Morgan fingerprint density at radius 3 is 2.15 bits per heavy atom. The molecule has 34 heavy (non-hydrogen) atoms. The zero-order valence-electron chi connectivity index (χ0n) is 22.4. The Hall–Kier alpha value is -0.870. The van der Waals surface area contributed by atoms with Crippen molar-refractivity contribution in [3.05, 3.63) is 12.2 Å². The van der Waals surface area contributed by atoms with Gasteiger partial charge in [-0.1, -0.05) is 46.8 Å². The van der Waals surface area contributed by atoms with Crippen LogP contribution in [0.1, 0.15) is 99.3 Å². The monoisotopic (exact) mass is 472 g/mol. The smallest absolute Gasteiger partial charge is 0.309 e. The molecule has 0 aromatic heterocycles. The second-order valence-corrected chi connectivity index (χ2v) is 14.7. The van der Waals surface area contributed by atoms with Crippen molar-refractivity contribution >= 4 is 5.97 Å². The third-order valence-electron chi connectivity index (χ3n) is 13.4. The maximum Gasteiger partial charge on any atom is 0.309 e. The summed E-state index contributed by atoms with van der Waals surface area (Å²) >= 11 is 0. The van der Waals surface area contributed by atoms with E-state index in [0.29, 0.717) is 30.1 Å². The van der Waals surface area contributed by atoms with Crippen molar-refractivity contribution in [3.8, 4) is 0 Å². The molecule has 0 radical (unpaired) electrons. The molecule has 3 N–H and O–H groups in total. The molecule has 5 aliphatic rings. The number of hydrogen-bond acceptors (Lipinski definition) is 3. The summed E-state index contributed by atoms with van der Waals surface area (Å²) in [6.45, 7) is 18.2. The zero-order valence-corrected chi connectivity index (χ0v) is 22.4. The minimum Gasteiger partial charge on any atom is -0.481 e. The molecule has 192 valence electrons. The Labute approximate surface area is 206 Å². The second kappa shape index (κ2) is 7.34. The fraction of sp³-hybridized carbons (Fsp3) is 0.900. The van der Waals surface area contributed by atoms with E-state index in [1.807, 2.05) is 0 Å². The van der Waals surface area contributed by atoms with Crippen LogP contribution in [0, 0.1) is 56.7 Å². The SMILES string of the molecule is C=C(C)[C@@H]1CC[C@]2(C(=O)O)CC[C@]3(C)[C@H](CC[C@H]4[C@@]5(C)C[C@@H](O)[C@H](O)C(C)(C)[C@@H]5CC[C@]43C)[C@H]12. The number of hydrogen-bond donors (Lipinski definition) is 3. The molecule has 0 unspecified atom stereocenters. The zero-order chi connectivity index (χ0) is 25.1. The van der Waals surface area contributed by atoms with Crippen LogP contribution in [0.15, 0.2) is 12.2 Å². The normalized spacial score (nSPS) is 55.9. The van der Waals surface area contributed by atoms with E-state index in [1.165, 1.54) is 5.57 Å². The van der Waals surface area contributed by atoms with Crippen molar-refractivity contribution in [2.24, 2.45) is 56.7 Å². The maximum absolute atomic E-state index is 12.8. The van der Waals surface area contributed by atoms with Crippen LogP contribution < -0.4 is 0 Å². The number of rotatable bonds is 2. The minimum atomic E-state index is -0.669. The number of allylic oxidation sites excluding steroid dienone is 1. The summed E-state index contributed by atoms with van der Waals surface area (Å²) in [5, 5.41) is 32.4. The molecule has 5 aliphatic carbocycles. The number of carbonyl (C=O) groups is 1. The topological polar surface area (TPSA) is 77.8 Å². The van der Waals surface area contributed by atoms with Crippen LogP contribution in [0.4, 0.5) is 0 Å². The van der Waals surface area contributed by atoms with Gasteiger partial charge in [0.15, 0.2) is 0 Å². The van der Waals surface area contributed by atoms with Crippen LogP contribution in [-0.4, -0.2) is 33.5 Å². The van der Waals surface area contributed by atoms with Crippen LogP contribution in [0.2, 0.25) is 0 Å². The van der Waals surface area contributed by atoms with Gasteiger partial charge in [-0.15, -0.1) is 0 Å². The summed E-state index contributed by atoms with van der Waals surface area (Å²) < 4.78 is 0. The van der Waals surface area contributed by atoms with Crippen LogP contribution >= 0.6 is 0 Å². The van der Waals surface area contributed by atoms with Gasteiger partial charge in [0.25, 0.3) is 0 Å². The van der Waals surface area contributed by atoms with Crippen molar-refractivity contribution in [2.75, 3.05) is 0 Å². The van der Waals surface area contributed by atoms with E-state index in [0.717, 1.165) is 51.4 Å². The highest BCUT2D eigenvalue weighted by molar-refractivity contribution is 5.76. The summed E-state index contributed by atoms with van der Waals surface area (Å²) in [5.41, 5.74) is 0.501. The molecule has 11 atom stereocenters. The third kappa shape index (κ3) is 2.76. The van der Waals surface area contributed by atoms with Crippen molar-refractivity contribution in [1.29, 1.82) is 0 Å². The fourth-order valence-electron chi connectivity index (χ4n) is 11.7. The van der Waals surface area contributed by atoms with Gasteiger partial charge in [0.05, 0.1) is 17.6 Å². The average Bonchev–Trinajstić information content (AvgIpc) is 3.14. The van der Waals surface area contributed by atoms with Crippen molar-refractivity contribution in [1.82, 2.24) is 0 Å². The highest BCUT2D eigenvalue weighted by Crippen LogP contribution is 2.77. The fourth-order valence-corrected chi connectivity index (χ4v) is 11.7. The van der Waals surface area contributed by atoms with E-state index >= 15 is 0 Å². The van der Waals surface area contributed by atoms with E-state index in [1.54, 1.807) is 0 Å².